The number of carbonyl (C=O) groups excluding carboxylic acids is 1. The van der Waals surface area contributed by atoms with Gasteiger partial charge in [-0.15, -0.1) is 0 Å². The maximum Gasteiger partial charge on any atom is 0.411 e. The lowest BCUT2D eigenvalue weighted by Gasteiger charge is -2.21. The smallest absolute Gasteiger partial charge is 0.411 e. The van der Waals surface area contributed by atoms with Crippen molar-refractivity contribution in [2.24, 2.45) is 4.99 Å². The summed E-state index contributed by atoms with van der Waals surface area (Å²) in [5.41, 5.74) is 7.79. The average molecular weight is 313 g/mol. The lowest BCUT2D eigenvalue weighted by Crippen LogP contribution is -2.33. The van der Waals surface area contributed by atoms with Crippen LogP contribution in [0.1, 0.15) is 32.8 Å². The van der Waals surface area contributed by atoms with Gasteiger partial charge in [0.1, 0.15) is 5.60 Å². The Morgan fingerprint density at radius 2 is 2.22 bits per heavy atom. The quantitative estimate of drug-likeness (QED) is 0.838. The molecule has 0 fully saturated rings. The first-order valence-electron chi connectivity index (χ1n) is 7.58. The molecule has 23 heavy (non-hydrogen) atoms. The number of dihydropyridines is 1. The van der Waals surface area contributed by atoms with E-state index in [4.69, 9.17) is 10.5 Å². The number of nitrogens with one attached hydrogen (secondary N) is 1. The molecule has 1 amide bonds. The largest absolute Gasteiger partial charge is 0.444 e. The van der Waals surface area contributed by atoms with E-state index in [0.717, 1.165) is 16.9 Å². The predicted octanol–water partition coefficient (Wildman–Crippen LogP) is 3.53. The van der Waals surface area contributed by atoms with Crippen LogP contribution in [0.3, 0.4) is 0 Å². The Hall–Kier alpha value is -2.56. The molecule has 0 aromatic heterocycles. The van der Waals surface area contributed by atoms with Crippen molar-refractivity contribution in [1.82, 2.24) is 5.32 Å². The van der Waals surface area contributed by atoms with E-state index in [1.165, 1.54) is 0 Å². The Morgan fingerprint density at radius 1 is 1.43 bits per heavy atom. The van der Waals surface area contributed by atoms with Crippen LogP contribution in [0.5, 0.6) is 0 Å². The zero-order valence-electron chi connectivity index (χ0n) is 13.7. The van der Waals surface area contributed by atoms with Crippen molar-refractivity contribution in [3.8, 4) is 0 Å². The monoisotopic (exact) mass is 313 g/mol. The first kappa shape index (κ1) is 16.8. The van der Waals surface area contributed by atoms with Crippen LogP contribution < -0.4 is 11.1 Å². The Morgan fingerprint density at radius 3 is 2.91 bits per heavy atom. The summed E-state index contributed by atoms with van der Waals surface area (Å²) >= 11 is 0. The number of anilines is 1. The van der Waals surface area contributed by atoms with Crippen LogP contribution in [0, 0.1) is 0 Å². The second-order valence-corrected chi connectivity index (χ2v) is 6.42. The van der Waals surface area contributed by atoms with Crippen LogP contribution in [-0.2, 0) is 4.74 Å². The molecule has 0 bridgehead atoms. The minimum Gasteiger partial charge on any atom is -0.444 e. The van der Waals surface area contributed by atoms with Crippen molar-refractivity contribution < 1.29 is 9.53 Å². The number of rotatable bonds is 3. The Balaban J connectivity index is 1.92. The van der Waals surface area contributed by atoms with Gasteiger partial charge in [-0.1, -0.05) is 24.3 Å². The molecule has 0 radical (unpaired) electrons. The van der Waals surface area contributed by atoms with Crippen LogP contribution in [0.4, 0.5) is 10.5 Å². The summed E-state index contributed by atoms with van der Waals surface area (Å²) in [4.78, 5) is 16.2. The van der Waals surface area contributed by atoms with Crippen molar-refractivity contribution in [1.29, 1.82) is 0 Å². The molecule has 122 valence electrons. The molecular weight excluding hydrogens is 290 g/mol. The number of nitrogen functional groups attached to an aromatic ring is 1. The standard InChI is InChI=1S/C18H23N3O2/c1-18(2,3)23-17(22)21-16-9-10-20-15(12-16)8-7-13-5-4-6-14(19)11-13/h4-11,15H,12,19H2,1-3H3,(H,21,22)/b8-7-. The molecule has 1 unspecified atom stereocenters. The summed E-state index contributed by atoms with van der Waals surface area (Å²) in [5.74, 6) is 0. The van der Waals surface area contributed by atoms with Crippen molar-refractivity contribution in [2.45, 2.75) is 38.8 Å². The third-order valence-electron chi connectivity index (χ3n) is 3.07. The normalized spacial score (nSPS) is 17.9. The maximum atomic E-state index is 11.8. The van der Waals surface area contributed by atoms with Crippen molar-refractivity contribution in [3.05, 3.63) is 47.7 Å². The number of amides is 1. The highest BCUT2D eigenvalue weighted by atomic mass is 16.6. The van der Waals surface area contributed by atoms with Crippen LogP contribution in [0.15, 0.2) is 47.1 Å². The molecule has 0 saturated carbocycles. The minimum absolute atomic E-state index is 0.0219. The van der Waals surface area contributed by atoms with Gasteiger partial charge in [-0.25, -0.2) is 4.79 Å². The lowest BCUT2D eigenvalue weighted by atomic mass is 10.1. The summed E-state index contributed by atoms with van der Waals surface area (Å²) in [6.07, 6.45) is 7.63. The van der Waals surface area contributed by atoms with Crippen molar-refractivity contribution in [2.75, 3.05) is 5.73 Å². The topological polar surface area (TPSA) is 76.7 Å². The van der Waals surface area contributed by atoms with E-state index in [0.29, 0.717) is 6.42 Å². The molecule has 1 aromatic rings. The number of hydrogen-bond donors (Lipinski definition) is 2. The maximum absolute atomic E-state index is 11.8. The van der Waals surface area contributed by atoms with Gasteiger partial charge < -0.3 is 10.5 Å². The minimum atomic E-state index is -0.514. The molecule has 0 saturated heterocycles. The summed E-state index contributed by atoms with van der Waals surface area (Å²) in [7, 11) is 0. The van der Waals surface area contributed by atoms with Crippen LogP contribution in [0.2, 0.25) is 0 Å². The number of benzene rings is 1. The van der Waals surface area contributed by atoms with Gasteiger partial charge in [0, 0.05) is 24.0 Å². The van der Waals surface area contributed by atoms with E-state index >= 15 is 0 Å². The van der Waals surface area contributed by atoms with Crippen LogP contribution >= 0.6 is 0 Å². The highest BCUT2D eigenvalue weighted by Gasteiger charge is 2.18. The highest BCUT2D eigenvalue weighted by molar-refractivity contribution is 5.77. The van der Waals surface area contributed by atoms with Gasteiger partial charge in [0.25, 0.3) is 0 Å². The molecule has 0 aliphatic carbocycles. The predicted molar refractivity (Wildman–Crippen MR) is 94.2 cm³/mol. The number of nitrogens with two attached hydrogens (primary N) is 1. The molecule has 1 aromatic carbocycles. The molecule has 2 rings (SSSR count). The van der Waals surface area contributed by atoms with Crippen molar-refractivity contribution in [3.63, 3.8) is 0 Å². The average Bonchev–Trinajstić information content (AvgIpc) is 2.43. The molecule has 1 heterocycles. The molecule has 5 heteroatoms. The number of hydrogen-bond acceptors (Lipinski definition) is 4. The van der Waals surface area contributed by atoms with Gasteiger partial charge in [0.2, 0.25) is 0 Å². The van der Waals surface area contributed by atoms with Gasteiger partial charge >= 0.3 is 6.09 Å². The van der Waals surface area contributed by atoms with Crippen LogP contribution in [-0.4, -0.2) is 24.0 Å². The number of nitrogens with zero attached hydrogens (tertiary/aromatic N) is 1. The molecular formula is C18H23N3O2. The van der Waals surface area contributed by atoms with E-state index < -0.39 is 11.7 Å². The summed E-state index contributed by atoms with van der Waals surface area (Å²) in [6, 6.07) is 7.62. The van der Waals surface area contributed by atoms with E-state index in [-0.39, 0.29) is 6.04 Å². The number of ether oxygens (including phenoxy) is 1. The molecule has 0 spiro atoms. The Kier molecular flexibility index (Phi) is 5.21. The number of aliphatic imine (C=N–C) groups is 1. The Labute approximate surface area is 136 Å². The SMILES string of the molecule is CC(C)(C)OC(=O)NC1=CC=NC(/C=C\c2cccc(N)c2)C1. The van der Waals surface area contributed by atoms with E-state index in [1.54, 1.807) is 12.3 Å². The van der Waals surface area contributed by atoms with Gasteiger partial charge in [-0.05, 0) is 44.5 Å². The third-order valence-corrected chi connectivity index (χ3v) is 3.07. The van der Waals surface area contributed by atoms with Gasteiger partial charge in [-0.2, -0.15) is 0 Å². The fourth-order valence-electron chi connectivity index (χ4n) is 2.12. The number of allylic oxidation sites excluding steroid dienone is 1. The van der Waals surface area contributed by atoms with Gasteiger partial charge in [0.15, 0.2) is 0 Å². The van der Waals surface area contributed by atoms with E-state index in [2.05, 4.69) is 10.3 Å². The molecule has 1 aliphatic rings. The van der Waals surface area contributed by atoms with Gasteiger partial charge in [0.05, 0.1) is 6.04 Å². The molecule has 1 aliphatic heterocycles. The number of carbonyl (C=O) groups is 1. The second kappa shape index (κ2) is 7.13. The lowest BCUT2D eigenvalue weighted by molar-refractivity contribution is 0.0544. The summed E-state index contributed by atoms with van der Waals surface area (Å²) < 4.78 is 5.25. The molecule has 1 atom stereocenters. The van der Waals surface area contributed by atoms with Gasteiger partial charge in [-0.3, -0.25) is 10.3 Å². The van der Waals surface area contributed by atoms with Crippen LogP contribution in [0.25, 0.3) is 6.08 Å². The highest BCUT2D eigenvalue weighted by Crippen LogP contribution is 2.15. The number of alkyl carbamates (subject to hydrolysis) is 1. The fourth-order valence-corrected chi connectivity index (χ4v) is 2.12. The zero-order chi connectivity index (χ0) is 16.9. The zero-order valence-corrected chi connectivity index (χ0v) is 13.7. The second-order valence-electron chi connectivity index (χ2n) is 6.42. The molecule has 5 nitrogen and oxygen atoms in total. The fraction of sp³-hybridized carbons (Fsp3) is 0.333. The Bertz CT molecular complexity index is 654. The summed E-state index contributed by atoms with van der Waals surface area (Å²) in [5, 5.41) is 2.77. The molecule has 3 N–H and O–H groups in total. The van der Waals surface area contributed by atoms with E-state index in [1.807, 2.05) is 57.2 Å². The first-order valence-corrected chi connectivity index (χ1v) is 7.58. The summed E-state index contributed by atoms with van der Waals surface area (Å²) in [6.45, 7) is 5.50. The van der Waals surface area contributed by atoms with E-state index in [9.17, 15) is 4.79 Å². The first-order chi connectivity index (χ1) is 10.8. The third kappa shape index (κ3) is 5.98. The van der Waals surface area contributed by atoms with Crippen molar-refractivity contribution >= 4 is 24.1 Å².